The Balaban J connectivity index is 2.25. The number of hydrogen-bond donors (Lipinski definition) is 0. The van der Waals surface area contributed by atoms with Gasteiger partial charge in [0, 0.05) is 5.56 Å². The van der Waals surface area contributed by atoms with Gasteiger partial charge in [0.1, 0.15) is 12.4 Å². The van der Waals surface area contributed by atoms with Crippen LogP contribution < -0.4 is 4.74 Å². The van der Waals surface area contributed by atoms with Crippen LogP contribution in [0.4, 0.5) is 4.39 Å². The summed E-state index contributed by atoms with van der Waals surface area (Å²) in [6, 6.07) is 6.78. The molecule has 1 aliphatic rings. The van der Waals surface area contributed by atoms with Gasteiger partial charge < -0.3 is 4.74 Å². The summed E-state index contributed by atoms with van der Waals surface area (Å²) < 4.78 is 21.4. The second-order valence-electron chi connectivity index (χ2n) is 4.77. The quantitative estimate of drug-likeness (QED) is 0.813. The van der Waals surface area contributed by atoms with Crippen LogP contribution in [0.5, 0.6) is 5.88 Å². The number of nitrogens with zero attached hydrogens (tertiary/aromatic N) is 2. The van der Waals surface area contributed by atoms with E-state index in [1.807, 2.05) is 10.7 Å². The molecular weight excluding hydrogens is 231 g/mol. The van der Waals surface area contributed by atoms with E-state index in [-0.39, 0.29) is 11.7 Å². The third-order valence-corrected chi connectivity index (χ3v) is 3.16. The van der Waals surface area contributed by atoms with Crippen molar-refractivity contribution >= 4 is 0 Å². The lowest BCUT2D eigenvalue weighted by molar-refractivity contribution is 0.357. The van der Waals surface area contributed by atoms with E-state index >= 15 is 0 Å². The normalized spacial score (nSPS) is 13.8. The summed E-state index contributed by atoms with van der Waals surface area (Å²) in [6.45, 7) is 5.47. The van der Waals surface area contributed by atoms with Gasteiger partial charge in [0.25, 0.3) is 0 Å². The molecule has 0 N–H and O–H groups in total. The molecule has 4 heteroatoms. The van der Waals surface area contributed by atoms with Crippen LogP contribution in [-0.4, -0.2) is 16.4 Å². The summed E-state index contributed by atoms with van der Waals surface area (Å²) in [6.07, 6.45) is 0. The van der Waals surface area contributed by atoms with E-state index in [4.69, 9.17) is 4.74 Å². The van der Waals surface area contributed by atoms with Gasteiger partial charge in [-0.25, -0.2) is 9.07 Å². The first-order valence-electron chi connectivity index (χ1n) is 6.17. The monoisotopic (exact) mass is 246 g/mol. The summed E-state index contributed by atoms with van der Waals surface area (Å²) in [7, 11) is 0. The van der Waals surface area contributed by atoms with Crippen molar-refractivity contribution in [1.29, 1.82) is 0 Å². The SMILES string of the molecule is CC(C)c1nn2c(c1-c1ccccc1F)OCC2. The van der Waals surface area contributed by atoms with E-state index in [1.165, 1.54) is 6.07 Å². The zero-order chi connectivity index (χ0) is 12.7. The van der Waals surface area contributed by atoms with E-state index in [0.29, 0.717) is 18.1 Å². The average molecular weight is 246 g/mol. The van der Waals surface area contributed by atoms with Crippen LogP contribution in [0.2, 0.25) is 0 Å². The molecule has 2 aromatic rings. The Bertz CT molecular complexity index is 589. The molecule has 2 heterocycles. The van der Waals surface area contributed by atoms with Crippen LogP contribution in [-0.2, 0) is 6.54 Å². The predicted octanol–water partition coefficient (Wildman–Crippen LogP) is 3.21. The lowest BCUT2D eigenvalue weighted by Gasteiger charge is -2.08. The number of ether oxygens (including phenoxy) is 1. The van der Waals surface area contributed by atoms with Gasteiger partial charge in [-0.15, -0.1) is 0 Å². The van der Waals surface area contributed by atoms with Gasteiger partial charge in [-0.1, -0.05) is 32.0 Å². The highest BCUT2D eigenvalue weighted by Gasteiger charge is 2.27. The fraction of sp³-hybridized carbons (Fsp3) is 0.357. The highest BCUT2D eigenvalue weighted by atomic mass is 19.1. The molecule has 1 aromatic heterocycles. The number of benzene rings is 1. The minimum atomic E-state index is -0.231. The maximum Gasteiger partial charge on any atom is 0.220 e. The van der Waals surface area contributed by atoms with E-state index in [9.17, 15) is 4.39 Å². The number of rotatable bonds is 2. The highest BCUT2D eigenvalue weighted by molar-refractivity contribution is 5.73. The predicted molar refractivity (Wildman–Crippen MR) is 67.2 cm³/mol. The Morgan fingerprint density at radius 2 is 2.11 bits per heavy atom. The first kappa shape index (κ1) is 11.3. The standard InChI is InChI=1S/C14H15FN2O/c1-9(2)13-12(10-5-3-4-6-11(10)15)14-17(16-13)7-8-18-14/h3-6,9H,7-8H2,1-2H3. The molecule has 0 aliphatic carbocycles. The second-order valence-corrected chi connectivity index (χ2v) is 4.77. The lowest BCUT2D eigenvalue weighted by Crippen LogP contribution is -2.00. The van der Waals surface area contributed by atoms with E-state index in [1.54, 1.807) is 12.1 Å². The molecule has 0 radical (unpaired) electrons. The minimum Gasteiger partial charge on any atom is -0.475 e. The molecule has 0 spiro atoms. The van der Waals surface area contributed by atoms with Gasteiger partial charge in [-0.2, -0.15) is 5.10 Å². The molecule has 3 nitrogen and oxygen atoms in total. The maximum atomic E-state index is 14.0. The van der Waals surface area contributed by atoms with Crippen molar-refractivity contribution in [2.45, 2.75) is 26.3 Å². The van der Waals surface area contributed by atoms with E-state index in [0.717, 1.165) is 17.8 Å². The zero-order valence-electron chi connectivity index (χ0n) is 10.5. The third kappa shape index (κ3) is 1.60. The number of fused-ring (bicyclic) bond motifs is 1. The Kier molecular flexibility index (Phi) is 2.58. The summed E-state index contributed by atoms with van der Waals surface area (Å²) in [5, 5.41) is 4.53. The van der Waals surface area contributed by atoms with Gasteiger partial charge in [-0.3, -0.25) is 0 Å². The van der Waals surface area contributed by atoms with E-state index in [2.05, 4.69) is 18.9 Å². The Hall–Kier alpha value is -1.84. The molecule has 1 aromatic carbocycles. The summed E-state index contributed by atoms with van der Waals surface area (Å²) in [5.41, 5.74) is 2.28. The molecule has 94 valence electrons. The summed E-state index contributed by atoms with van der Waals surface area (Å²) in [5.74, 6) is 0.704. The molecule has 0 saturated heterocycles. The molecular formula is C14H15FN2O. The van der Waals surface area contributed by atoms with E-state index < -0.39 is 0 Å². The largest absolute Gasteiger partial charge is 0.475 e. The number of hydrogen-bond acceptors (Lipinski definition) is 2. The maximum absolute atomic E-state index is 14.0. The second kappa shape index (κ2) is 4.12. The first-order chi connectivity index (χ1) is 8.68. The van der Waals surface area contributed by atoms with Gasteiger partial charge >= 0.3 is 0 Å². The zero-order valence-corrected chi connectivity index (χ0v) is 10.5. The van der Waals surface area contributed by atoms with Gasteiger partial charge in [-0.05, 0) is 12.0 Å². The Morgan fingerprint density at radius 1 is 1.33 bits per heavy atom. The fourth-order valence-corrected chi connectivity index (χ4v) is 2.31. The molecule has 0 saturated carbocycles. The van der Waals surface area contributed by atoms with Crippen LogP contribution in [0.15, 0.2) is 24.3 Å². The highest BCUT2D eigenvalue weighted by Crippen LogP contribution is 2.39. The molecule has 0 atom stereocenters. The Morgan fingerprint density at radius 3 is 2.83 bits per heavy atom. The summed E-state index contributed by atoms with van der Waals surface area (Å²) >= 11 is 0. The average Bonchev–Trinajstić information content (AvgIpc) is 2.89. The van der Waals surface area contributed by atoms with Crippen molar-refractivity contribution in [3.63, 3.8) is 0 Å². The van der Waals surface area contributed by atoms with Crippen LogP contribution >= 0.6 is 0 Å². The third-order valence-electron chi connectivity index (χ3n) is 3.16. The fourth-order valence-electron chi connectivity index (χ4n) is 2.31. The molecule has 1 aliphatic heterocycles. The molecule has 0 unspecified atom stereocenters. The van der Waals surface area contributed by atoms with Crippen molar-refractivity contribution in [3.05, 3.63) is 35.8 Å². The van der Waals surface area contributed by atoms with Gasteiger partial charge in [0.15, 0.2) is 0 Å². The molecule has 0 amide bonds. The topological polar surface area (TPSA) is 27.1 Å². The van der Waals surface area contributed by atoms with Crippen molar-refractivity contribution in [3.8, 4) is 17.0 Å². The van der Waals surface area contributed by atoms with Crippen LogP contribution in [0.25, 0.3) is 11.1 Å². The smallest absolute Gasteiger partial charge is 0.220 e. The molecule has 18 heavy (non-hydrogen) atoms. The Labute approximate surface area is 105 Å². The van der Waals surface area contributed by atoms with Crippen LogP contribution in [0.1, 0.15) is 25.5 Å². The first-order valence-corrected chi connectivity index (χ1v) is 6.17. The van der Waals surface area contributed by atoms with Crippen molar-refractivity contribution in [2.24, 2.45) is 0 Å². The van der Waals surface area contributed by atoms with Crippen LogP contribution in [0, 0.1) is 5.82 Å². The lowest BCUT2D eigenvalue weighted by atomic mass is 9.99. The summed E-state index contributed by atoms with van der Waals surface area (Å²) in [4.78, 5) is 0. The van der Waals surface area contributed by atoms with Crippen molar-refractivity contribution < 1.29 is 9.13 Å². The van der Waals surface area contributed by atoms with Crippen LogP contribution in [0.3, 0.4) is 0 Å². The number of aromatic nitrogens is 2. The van der Waals surface area contributed by atoms with Gasteiger partial charge in [0.2, 0.25) is 5.88 Å². The number of halogens is 1. The van der Waals surface area contributed by atoms with Gasteiger partial charge in [0.05, 0.1) is 17.8 Å². The molecule has 0 bridgehead atoms. The van der Waals surface area contributed by atoms with Crippen molar-refractivity contribution in [2.75, 3.05) is 6.61 Å². The minimum absolute atomic E-state index is 0.231. The molecule has 3 rings (SSSR count). The molecule has 0 fully saturated rings. The van der Waals surface area contributed by atoms with Crippen molar-refractivity contribution in [1.82, 2.24) is 9.78 Å².